The standard InChI is InChI=1S/C23H41N5O2/c1-18(2)14-20(28-10-12-30-13-11-28)16-25-23(24-3)26-17-22(27(4)5)19-8-7-9-21(15-19)29-6/h7-9,15,18,20,22H,10-14,16-17H2,1-6H3,(H2,24,25,26). The van der Waals surface area contributed by atoms with Crippen molar-refractivity contribution in [2.24, 2.45) is 10.9 Å². The molecule has 0 saturated carbocycles. The molecule has 0 amide bonds. The van der Waals surface area contributed by atoms with Gasteiger partial charge in [0.2, 0.25) is 0 Å². The third kappa shape index (κ3) is 7.78. The van der Waals surface area contributed by atoms with Crippen LogP contribution in [-0.4, -0.2) is 89.4 Å². The van der Waals surface area contributed by atoms with Crippen molar-refractivity contribution < 1.29 is 9.47 Å². The molecule has 1 saturated heterocycles. The maximum Gasteiger partial charge on any atom is 0.191 e. The van der Waals surface area contributed by atoms with Gasteiger partial charge in [0.25, 0.3) is 0 Å². The van der Waals surface area contributed by atoms with Gasteiger partial charge in [0.15, 0.2) is 5.96 Å². The van der Waals surface area contributed by atoms with Crippen molar-refractivity contribution in [3.8, 4) is 5.75 Å². The summed E-state index contributed by atoms with van der Waals surface area (Å²) in [5.74, 6) is 2.37. The first-order chi connectivity index (χ1) is 14.4. The van der Waals surface area contributed by atoms with Crippen molar-refractivity contribution >= 4 is 5.96 Å². The minimum absolute atomic E-state index is 0.212. The van der Waals surface area contributed by atoms with Crippen LogP contribution < -0.4 is 15.4 Å². The van der Waals surface area contributed by atoms with E-state index in [2.05, 4.69) is 65.5 Å². The lowest BCUT2D eigenvalue weighted by molar-refractivity contribution is 0.0132. The number of hydrogen-bond acceptors (Lipinski definition) is 5. The molecule has 0 aromatic heterocycles. The van der Waals surface area contributed by atoms with Gasteiger partial charge in [-0.1, -0.05) is 26.0 Å². The maximum atomic E-state index is 5.54. The minimum atomic E-state index is 0.212. The van der Waals surface area contributed by atoms with Gasteiger partial charge in [0.1, 0.15) is 5.75 Å². The number of guanidine groups is 1. The van der Waals surface area contributed by atoms with Crippen molar-refractivity contribution in [2.45, 2.75) is 32.4 Å². The van der Waals surface area contributed by atoms with E-state index in [1.165, 1.54) is 5.56 Å². The van der Waals surface area contributed by atoms with Crippen LogP contribution >= 0.6 is 0 Å². The number of benzene rings is 1. The van der Waals surface area contributed by atoms with Crippen molar-refractivity contribution in [3.05, 3.63) is 29.8 Å². The van der Waals surface area contributed by atoms with Crippen LogP contribution in [0.15, 0.2) is 29.3 Å². The molecule has 7 heteroatoms. The molecular weight excluding hydrogens is 378 g/mol. The Morgan fingerprint density at radius 2 is 1.90 bits per heavy atom. The fourth-order valence-electron chi connectivity index (χ4n) is 3.92. The molecule has 0 radical (unpaired) electrons. The highest BCUT2D eigenvalue weighted by molar-refractivity contribution is 5.79. The summed E-state index contributed by atoms with van der Waals surface area (Å²) < 4.78 is 10.9. The van der Waals surface area contributed by atoms with E-state index < -0.39 is 0 Å². The molecule has 1 heterocycles. The lowest BCUT2D eigenvalue weighted by Gasteiger charge is -2.36. The average Bonchev–Trinajstić information content (AvgIpc) is 2.75. The topological polar surface area (TPSA) is 61.4 Å². The number of morpholine rings is 1. The number of ether oxygens (including phenoxy) is 2. The molecule has 2 N–H and O–H groups in total. The molecule has 0 spiro atoms. The fraction of sp³-hybridized carbons (Fsp3) is 0.696. The Labute approximate surface area is 182 Å². The summed E-state index contributed by atoms with van der Waals surface area (Å²) in [5, 5.41) is 7.07. The third-order valence-corrected chi connectivity index (χ3v) is 5.60. The molecule has 2 atom stereocenters. The zero-order chi connectivity index (χ0) is 21.9. The molecule has 1 fully saturated rings. The molecule has 1 aliphatic heterocycles. The zero-order valence-electron chi connectivity index (χ0n) is 19.6. The molecule has 30 heavy (non-hydrogen) atoms. The molecule has 1 aromatic carbocycles. The van der Waals surface area contributed by atoms with E-state index in [9.17, 15) is 0 Å². The summed E-state index contributed by atoms with van der Waals surface area (Å²) in [5.41, 5.74) is 1.22. The normalized spacial score (nSPS) is 17.8. The lowest BCUT2D eigenvalue weighted by atomic mass is 10.0. The van der Waals surface area contributed by atoms with Crippen LogP contribution in [0.5, 0.6) is 5.75 Å². The van der Waals surface area contributed by atoms with E-state index in [1.54, 1.807) is 7.11 Å². The fourth-order valence-corrected chi connectivity index (χ4v) is 3.92. The molecule has 7 nitrogen and oxygen atoms in total. The molecule has 0 aliphatic carbocycles. The molecular formula is C23H41N5O2. The molecule has 1 aliphatic rings. The Kier molecular flexibility index (Phi) is 10.4. The highest BCUT2D eigenvalue weighted by Gasteiger charge is 2.22. The highest BCUT2D eigenvalue weighted by atomic mass is 16.5. The zero-order valence-corrected chi connectivity index (χ0v) is 19.6. The number of nitrogens with one attached hydrogen (secondary N) is 2. The second-order valence-corrected chi connectivity index (χ2v) is 8.52. The number of likely N-dealkylation sites (N-methyl/N-ethyl adjacent to an activating group) is 1. The third-order valence-electron chi connectivity index (χ3n) is 5.60. The van der Waals surface area contributed by atoms with Gasteiger partial charge in [-0.05, 0) is 44.1 Å². The minimum Gasteiger partial charge on any atom is -0.497 e. The SMILES string of the molecule is CN=C(NCC(c1cccc(OC)c1)N(C)C)NCC(CC(C)C)N1CCOCC1. The number of rotatable bonds is 10. The van der Waals surface area contributed by atoms with Crippen LogP contribution in [0.1, 0.15) is 31.9 Å². The van der Waals surface area contributed by atoms with E-state index in [0.717, 1.165) is 57.5 Å². The van der Waals surface area contributed by atoms with Crippen molar-refractivity contribution in [2.75, 3.05) is 67.6 Å². The Bertz CT molecular complexity index is 644. The van der Waals surface area contributed by atoms with E-state index >= 15 is 0 Å². The second-order valence-electron chi connectivity index (χ2n) is 8.52. The Hall–Kier alpha value is -1.83. The van der Waals surface area contributed by atoms with Crippen molar-refractivity contribution in [1.82, 2.24) is 20.4 Å². The summed E-state index contributed by atoms with van der Waals surface area (Å²) in [4.78, 5) is 9.21. The van der Waals surface area contributed by atoms with Crippen LogP contribution in [-0.2, 0) is 4.74 Å². The van der Waals surface area contributed by atoms with Gasteiger partial charge in [-0.15, -0.1) is 0 Å². The summed E-state index contributed by atoms with van der Waals surface area (Å²) in [7, 11) is 7.73. The van der Waals surface area contributed by atoms with E-state index in [-0.39, 0.29) is 6.04 Å². The first-order valence-electron chi connectivity index (χ1n) is 11.0. The number of hydrogen-bond donors (Lipinski definition) is 2. The van der Waals surface area contributed by atoms with Gasteiger partial charge in [0, 0.05) is 39.3 Å². The summed E-state index contributed by atoms with van der Waals surface area (Å²) in [6.07, 6.45) is 1.16. The molecule has 0 bridgehead atoms. The van der Waals surface area contributed by atoms with Gasteiger partial charge < -0.3 is 25.0 Å². The Morgan fingerprint density at radius 1 is 1.20 bits per heavy atom. The Balaban J connectivity index is 1.95. The van der Waals surface area contributed by atoms with Crippen LogP contribution in [0, 0.1) is 5.92 Å². The molecule has 2 rings (SSSR count). The predicted octanol–water partition coefficient (Wildman–Crippen LogP) is 2.21. The van der Waals surface area contributed by atoms with E-state index in [4.69, 9.17) is 9.47 Å². The first kappa shape index (κ1) is 24.4. The number of nitrogens with zero attached hydrogens (tertiary/aromatic N) is 3. The average molecular weight is 420 g/mol. The van der Waals surface area contributed by atoms with Gasteiger partial charge in [-0.25, -0.2) is 0 Å². The maximum absolute atomic E-state index is 5.54. The molecule has 1 aromatic rings. The van der Waals surface area contributed by atoms with Crippen LogP contribution in [0.2, 0.25) is 0 Å². The smallest absolute Gasteiger partial charge is 0.191 e. The van der Waals surface area contributed by atoms with E-state index in [1.807, 2.05) is 19.2 Å². The quantitative estimate of drug-likeness (QED) is 0.448. The predicted molar refractivity (Wildman–Crippen MR) is 124 cm³/mol. The second kappa shape index (κ2) is 12.8. The largest absolute Gasteiger partial charge is 0.497 e. The van der Waals surface area contributed by atoms with Gasteiger partial charge >= 0.3 is 0 Å². The monoisotopic (exact) mass is 419 g/mol. The van der Waals surface area contributed by atoms with Crippen molar-refractivity contribution in [1.29, 1.82) is 0 Å². The van der Waals surface area contributed by atoms with E-state index in [0.29, 0.717) is 12.0 Å². The summed E-state index contributed by atoms with van der Waals surface area (Å²) in [6, 6.07) is 8.95. The van der Waals surface area contributed by atoms with Gasteiger partial charge in [0.05, 0.1) is 26.4 Å². The summed E-state index contributed by atoms with van der Waals surface area (Å²) >= 11 is 0. The van der Waals surface area contributed by atoms with Crippen molar-refractivity contribution in [3.63, 3.8) is 0 Å². The summed E-state index contributed by atoms with van der Waals surface area (Å²) in [6.45, 7) is 9.87. The van der Waals surface area contributed by atoms with Crippen LogP contribution in [0.4, 0.5) is 0 Å². The lowest BCUT2D eigenvalue weighted by Crippen LogP contribution is -2.51. The van der Waals surface area contributed by atoms with Gasteiger partial charge in [-0.3, -0.25) is 9.89 Å². The molecule has 2 unspecified atom stereocenters. The van der Waals surface area contributed by atoms with Crippen LogP contribution in [0.3, 0.4) is 0 Å². The van der Waals surface area contributed by atoms with Gasteiger partial charge in [-0.2, -0.15) is 0 Å². The molecule has 170 valence electrons. The number of aliphatic imine (C=N–C) groups is 1. The van der Waals surface area contributed by atoms with Crippen LogP contribution in [0.25, 0.3) is 0 Å². The Morgan fingerprint density at radius 3 is 2.50 bits per heavy atom. The number of methoxy groups -OCH3 is 1. The highest BCUT2D eigenvalue weighted by Crippen LogP contribution is 2.22. The first-order valence-corrected chi connectivity index (χ1v) is 11.0.